The summed E-state index contributed by atoms with van der Waals surface area (Å²) in [4.78, 5) is 24.8. The molecule has 2 aromatic rings. The van der Waals surface area contributed by atoms with Crippen LogP contribution in [0.2, 0.25) is 0 Å². The number of nitrogens with zero attached hydrogens (tertiary/aromatic N) is 4. The van der Waals surface area contributed by atoms with E-state index in [2.05, 4.69) is 5.10 Å². The van der Waals surface area contributed by atoms with Crippen molar-refractivity contribution in [2.24, 2.45) is 0 Å². The normalized spacial score (nSPS) is 17.1. The highest BCUT2D eigenvalue weighted by atomic mass is 32.2. The fourth-order valence-electron chi connectivity index (χ4n) is 2.94. The first-order chi connectivity index (χ1) is 12.9. The van der Waals surface area contributed by atoms with E-state index in [4.69, 9.17) is 9.47 Å². The lowest BCUT2D eigenvalue weighted by atomic mass is 10.2. The molecule has 1 atom stereocenters. The van der Waals surface area contributed by atoms with E-state index < -0.39 is 27.7 Å². The molecule has 1 unspecified atom stereocenters. The van der Waals surface area contributed by atoms with Gasteiger partial charge in [-0.05, 0) is 25.5 Å². The molecule has 148 valence electrons. The van der Waals surface area contributed by atoms with Gasteiger partial charge in [0.15, 0.2) is 11.7 Å². The van der Waals surface area contributed by atoms with Crippen LogP contribution < -0.4 is 5.69 Å². The van der Waals surface area contributed by atoms with Gasteiger partial charge >= 0.3 is 11.7 Å². The summed E-state index contributed by atoms with van der Waals surface area (Å²) in [7, 11) is -3.75. The molecular formula is C16H22N4O6S. The number of carbonyl (C=O) groups excluding carboxylic acids is 1. The molecule has 0 aromatic carbocycles. The Bertz CT molecular complexity index is 990. The smallest absolute Gasteiger partial charge is 0.351 e. The van der Waals surface area contributed by atoms with Crippen LogP contribution in [0.5, 0.6) is 0 Å². The van der Waals surface area contributed by atoms with Crippen LogP contribution in [0.3, 0.4) is 0 Å². The maximum absolute atomic E-state index is 12.8. The molecule has 27 heavy (non-hydrogen) atoms. The van der Waals surface area contributed by atoms with Gasteiger partial charge in [0, 0.05) is 19.3 Å². The third-order valence-electron chi connectivity index (χ3n) is 4.36. The summed E-state index contributed by atoms with van der Waals surface area (Å²) >= 11 is 0. The highest BCUT2D eigenvalue weighted by Crippen LogP contribution is 2.18. The van der Waals surface area contributed by atoms with Crippen molar-refractivity contribution in [3.63, 3.8) is 0 Å². The zero-order valence-electron chi connectivity index (χ0n) is 15.2. The lowest BCUT2D eigenvalue weighted by molar-refractivity contribution is -0.147. The summed E-state index contributed by atoms with van der Waals surface area (Å²) in [5.74, 6) is -0.549. The lowest BCUT2D eigenvalue weighted by Gasteiger charge is -2.25. The Morgan fingerprint density at radius 3 is 2.63 bits per heavy atom. The SMILES string of the molecule is CCOC(=O)C(CC)n1nc2ccc(S(=O)(=O)N3CCOCC3)cn2c1=O. The molecule has 0 spiro atoms. The van der Waals surface area contributed by atoms with E-state index >= 15 is 0 Å². The minimum absolute atomic E-state index is 0.0114. The first kappa shape index (κ1) is 19.5. The van der Waals surface area contributed by atoms with Crippen LogP contribution in [0.1, 0.15) is 26.3 Å². The number of aromatic nitrogens is 3. The molecule has 11 heteroatoms. The van der Waals surface area contributed by atoms with Crippen molar-refractivity contribution in [2.45, 2.75) is 31.2 Å². The topological polar surface area (TPSA) is 112 Å². The van der Waals surface area contributed by atoms with Crippen molar-refractivity contribution in [3.8, 4) is 0 Å². The summed E-state index contributed by atoms with van der Waals surface area (Å²) in [6, 6.07) is 1.99. The van der Waals surface area contributed by atoms with E-state index in [-0.39, 0.29) is 30.2 Å². The van der Waals surface area contributed by atoms with Crippen LogP contribution in [0, 0.1) is 0 Å². The van der Waals surface area contributed by atoms with Gasteiger partial charge in [-0.15, -0.1) is 5.10 Å². The first-order valence-corrected chi connectivity index (χ1v) is 10.2. The number of pyridine rings is 1. The number of hydrogen-bond donors (Lipinski definition) is 0. The monoisotopic (exact) mass is 398 g/mol. The second kappa shape index (κ2) is 7.79. The van der Waals surface area contributed by atoms with Gasteiger partial charge in [0.2, 0.25) is 10.0 Å². The minimum Gasteiger partial charge on any atom is -0.464 e. The second-order valence-corrected chi connectivity index (χ2v) is 7.95. The van der Waals surface area contributed by atoms with Crippen LogP contribution in [-0.2, 0) is 24.3 Å². The maximum Gasteiger partial charge on any atom is 0.351 e. The molecule has 0 radical (unpaired) electrons. The van der Waals surface area contributed by atoms with E-state index in [0.29, 0.717) is 19.6 Å². The third kappa shape index (κ3) is 3.62. The summed E-state index contributed by atoms with van der Waals surface area (Å²) in [5.41, 5.74) is -0.340. The second-order valence-electron chi connectivity index (χ2n) is 6.01. The van der Waals surface area contributed by atoms with Crippen LogP contribution in [0.15, 0.2) is 28.0 Å². The molecule has 2 aromatic heterocycles. The Hall–Kier alpha value is -2.24. The van der Waals surface area contributed by atoms with Crippen LogP contribution >= 0.6 is 0 Å². The number of esters is 1. The molecule has 3 rings (SSSR count). The quantitative estimate of drug-likeness (QED) is 0.631. The standard InChI is InChI=1S/C16H22N4O6S/c1-3-13(15(21)26-4-2)20-16(22)19-11-12(5-6-14(19)17-20)27(23,24)18-7-9-25-10-8-18/h5-6,11,13H,3-4,7-10H2,1-2H3. The molecule has 1 saturated heterocycles. The van der Waals surface area contributed by atoms with Gasteiger partial charge in [-0.3, -0.25) is 0 Å². The molecule has 1 aliphatic heterocycles. The molecule has 10 nitrogen and oxygen atoms in total. The lowest BCUT2D eigenvalue weighted by Crippen LogP contribution is -2.40. The summed E-state index contributed by atoms with van der Waals surface area (Å²) in [6.07, 6.45) is 1.56. The van der Waals surface area contributed by atoms with Crippen molar-refractivity contribution in [2.75, 3.05) is 32.9 Å². The molecule has 0 N–H and O–H groups in total. The fourth-order valence-corrected chi connectivity index (χ4v) is 4.35. The Kier molecular flexibility index (Phi) is 5.63. The van der Waals surface area contributed by atoms with Crippen molar-refractivity contribution in [1.29, 1.82) is 0 Å². The van der Waals surface area contributed by atoms with Gasteiger partial charge in [-0.2, -0.15) is 8.99 Å². The Balaban J connectivity index is 2.02. The van der Waals surface area contributed by atoms with E-state index in [0.717, 1.165) is 9.08 Å². The predicted molar refractivity (Wildman–Crippen MR) is 95.0 cm³/mol. The van der Waals surface area contributed by atoms with E-state index in [1.54, 1.807) is 13.8 Å². The van der Waals surface area contributed by atoms with Crippen molar-refractivity contribution < 1.29 is 22.7 Å². The largest absolute Gasteiger partial charge is 0.464 e. The molecule has 0 saturated carbocycles. The van der Waals surface area contributed by atoms with Gasteiger partial charge in [-0.1, -0.05) is 6.92 Å². The van der Waals surface area contributed by atoms with E-state index in [9.17, 15) is 18.0 Å². The fraction of sp³-hybridized carbons (Fsp3) is 0.562. The van der Waals surface area contributed by atoms with Crippen LogP contribution in [0.25, 0.3) is 5.65 Å². The average molecular weight is 398 g/mol. The summed E-state index contributed by atoms with van der Waals surface area (Å²) in [6.45, 7) is 4.80. The van der Waals surface area contributed by atoms with Gasteiger partial charge in [0.1, 0.15) is 0 Å². The predicted octanol–water partition coefficient (Wildman–Crippen LogP) is 0.0311. The highest BCUT2D eigenvalue weighted by molar-refractivity contribution is 7.89. The Labute approximate surface area is 156 Å². The van der Waals surface area contributed by atoms with Crippen molar-refractivity contribution >= 4 is 21.6 Å². The Morgan fingerprint density at radius 2 is 2.00 bits per heavy atom. The number of hydrogen-bond acceptors (Lipinski definition) is 7. The van der Waals surface area contributed by atoms with Gasteiger partial charge in [0.05, 0.1) is 24.7 Å². The molecule has 0 amide bonds. The molecule has 1 fully saturated rings. The number of fused-ring (bicyclic) bond motifs is 1. The molecule has 0 aliphatic carbocycles. The number of rotatable bonds is 6. The molecule has 0 bridgehead atoms. The van der Waals surface area contributed by atoms with Gasteiger partial charge < -0.3 is 9.47 Å². The van der Waals surface area contributed by atoms with Crippen molar-refractivity contribution in [1.82, 2.24) is 18.5 Å². The Morgan fingerprint density at radius 1 is 1.30 bits per heavy atom. The van der Waals surface area contributed by atoms with E-state index in [1.165, 1.54) is 22.6 Å². The summed E-state index contributed by atoms with van der Waals surface area (Å²) < 4.78 is 39.2. The molecule has 3 heterocycles. The van der Waals surface area contributed by atoms with Crippen molar-refractivity contribution in [3.05, 3.63) is 28.8 Å². The first-order valence-electron chi connectivity index (χ1n) is 8.75. The molecular weight excluding hydrogens is 376 g/mol. The number of sulfonamides is 1. The number of morpholine rings is 1. The number of ether oxygens (including phenoxy) is 2. The van der Waals surface area contributed by atoms with Crippen LogP contribution in [-0.4, -0.2) is 65.8 Å². The summed E-state index contributed by atoms with van der Waals surface area (Å²) in [5, 5.41) is 4.16. The zero-order valence-corrected chi connectivity index (χ0v) is 16.0. The van der Waals surface area contributed by atoms with Gasteiger partial charge in [0.25, 0.3) is 0 Å². The molecule has 1 aliphatic rings. The average Bonchev–Trinajstić information content (AvgIpc) is 2.99. The maximum atomic E-state index is 12.8. The minimum atomic E-state index is -3.75. The zero-order chi connectivity index (χ0) is 19.6. The third-order valence-corrected chi connectivity index (χ3v) is 6.24. The van der Waals surface area contributed by atoms with Gasteiger partial charge in [-0.25, -0.2) is 22.4 Å². The number of carbonyl (C=O) groups is 1. The highest BCUT2D eigenvalue weighted by Gasteiger charge is 2.28. The van der Waals surface area contributed by atoms with E-state index in [1.807, 2.05) is 0 Å². The van der Waals surface area contributed by atoms with Crippen LogP contribution in [0.4, 0.5) is 0 Å².